The molecule has 20 heavy (non-hydrogen) atoms. The van der Waals surface area contributed by atoms with Crippen molar-refractivity contribution in [3.8, 4) is 0 Å². The molecule has 110 valence electrons. The molecule has 0 aliphatic heterocycles. The number of rotatable bonds is 7. The van der Waals surface area contributed by atoms with Gasteiger partial charge in [0.15, 0.2) is 5.78 Å². The van der Waals surface area contributed by atoms with E-state index in [-0.39, 0.29) is 5.78 Å². The second-order valence-corrected chi connectivity index (χ2v) is 6.75. The summed E-state index contributed by atoms with van der Waals surface area (Å²) in [5.41, 5.74) is 2.14. The molecule has 1 aliphatic carbocycles. The molecule has 0 amide bonds. The van der Waals surface area contributed by atoms with Crippen molar-refractivity contribution >= 4 is 5.78 Å². The molecule has 1 fully saturated rings. The normalized spacial score (nSPS) is 15.3. The van der Waals surface area contributed by atoms with Gasteiger partial charge >= 0.3 is 0 Å². The predicted octanol–water partition coefficient (Wildman–Crippen LogP) is 4.11. The van der Waals surface area contributed by atoms with E-state index < -0.39 is 0 Å². The minimum atomic E-state index is 0.257. The first-order valence-corrected chi connectivity index (χ1v) is 7.84. The zero-order valence-electron chi connectivity index (χ0n) is 13.2. The van der Waals surface area contributed by atoms with Crippen molar-refractivity contribution in [3.63, 3.8) is 0 Å². The van der Waals surface area contributed by atoms with Crippen LogP contribution in [0.3, 0.4) is 0 Å². The number of benzene rings is 1. The van der Waals surface area contributed by atoms with Gasteiger partial charge in [-0.2, -0.15) is 0 Å². The standard InChI is InChI=1S/C18H27NO/c1-13(2)11-19(17-9-10-17)12-18(20)16-7-5-15(6-8-16)14(3)4/h5-8,13-14,17H,9-12H2,1-4H3. The van der Waals surface area contributed by atoms with Crippen LogP contribution in [0.2, 0.25) is 0 Å². The van der Waals surface area contributed by atoms with Crippen molar-refractivity contribution in [2.75, 3.05) is 13.1 Å². The van der Waals surface area contributed by atoms with Crippen LogP contribution in [0.15, 0.2) is 24.3 Å². The molecule has 0 N–H and O–H groups in total. The Kier molecular flexibility index (Phi) is 4.98. The fraction of sp³-hybridized carbons (Fsp3) is 0.611. The van der Waals surface area contributed by atoms with Crippen LogP contribution in [-0.2, 0) is 0 Å². The first kappa shape index (κ1) is 15.2. The van der Waals surface area contributed by atoms with Crippen LogP contribution < -0.4 is 0 Å². The minimum absolute atomic E-state index is 0.257. The summed E-state index contributed by atoms with van der Waals surface area (Å²) in [7, 11) is 0. The fourth-order valence-electron chi connectivity index (χ4n) is 2.58. The van der Waals surface area contributed by atoms with Gasteiger partial charge < -0.3 is 0 Å². The Morgan fingerprint density at radius 1 is 1.15 bits per heavy atom. The molecule has 0 heterocycles. The number of ketones is 1. The number of Topliss-reactive ketones (excluding diaryl/α,β-unsaturated/α-hetero) is 1. The molecule has 0 atom stereocenters. The van der Waals surface area contributed by atoms with Gasteiger partial charge in [-0.1, -0.05) is 52.0 Å². The number of carbonyl (C=O) groups excluding carboxylic acids is 1. The summed E-state index contributed by atoms with van der Waals surface area (Å²) in [6.07, 6.45) is 2.51. The monoisotopic (exact) mass is 273 g/mol. The summed E-state index contributed by atoms with van der Waals surface area (Å²) in [5, 5.41) is 0. The molecule has 1 aliphatic rings. The van der Waals surface area contributed by atoms with E-state index in [9.17, 15) is 4.79 Å². The lowest BCUT2D eigenvalue weighted by atomic mass is 10.0. The molecule has 0 radical (unpaired) electrons. The van der Waals surface area contributed by atoms with Gasteiger partial charge in [0.1, 0.15) is 0 Å². The van der Waals surface area contributed by atoms with E-state index in [1.807, 2.05) is 12.1 Å². The molecule has 1 aromatic carbocycles. The first-order valence-electron chi connectivity index (χ1n) is 7.84. The third kappa shape index (κ3) is 4.17. The zero-order valence-corrected chi connectivity index (χ0v) is 13.2. The molecule has 0 saturated heterocycles. The Morgan fingerprint density at radius 3 is 2.20 bits per heavy atom. The summed E-state index contributed by atoms with van der Waals surface area (Å²) in [6, 6.07) is 8.79. The maximum Gasteiger partial charge on any atom is 0.176 e. The average Bonchev–Trinajstić information content (AvgIpc) is 3.21. The van der Waals surface area contributed by atoms with E-state index >= 15 is 0 Å². The van der Waals surface area contributed by atoms with Crippen LogP contribution in [0.5, 0.6) is 0 Å². The Labute approximate surface area is 123 Å². The van der Waals surface area contributed by atoms with Gasteiger partial charge in [-0.15, -0.1) is 0 Å². The number of carbonyl (C=O) groups is 1. The quantitative estimate of drug-likeness (QED) is 0.697. The maximum absolute atomic E-state index is 12.4. The van der Waals surface area contributed by atoms with Crippen molar-refractivity contribution in [2.24, 2.45) is 5.92 Å². The highest BCUT2D eigenvalue weighted by Gasteiger charge is 2.30. The van der Waals surface area contributed by atoms with Gasteiger partial charge in [-0.3, -0.25) is 9.69 Å². The van der Waals surface area contributed by atoms with Crippen molar-refractivity contribution in [1.82, 2.24) is 4.90 Å². The summed E-state index contributed by atoms with van der Waals surface area (Å²) in [5.74, 6) is 1.39. The van der Waals surface area contributed by atoms with Gasteiger partial charge in [0.25, 0.3) is 0 Å². The van der Waals surface area contributed by atoms with Crippen molar-refractivity contribution in [3.05, 3.63) is 35.4 Å². The lowest BCUT2D eigenvalue weighted by molar-refractivity contribution is 0.0915. The van der Waals surface area contributed by atoms with E-state index in [0.29, 0.717) is 24.4 Å². The highest BCUT2D eigenvalue weighted by Crippen LogP contribution is 2.27. The number of nitrogens with zero attached hydrogens (tertiary/aromatic N) is 1. The molecule has 1 saturated carbocycles. The van der Waals surface area contributed by atoms with Crippen LogP contribution in [0, 0.1) is 5.92 Å². The van der Waals surface area contributed by atoms with E-state index in [1.165, 1.54) is 18.4 Å². The van der Waals surface area contributed by atoms with E-state index in [0.717, 1.165) is 12.1 Å². The Bertz CT molecular complexity index is 443. The largest absolute Gasteiger partial charge is 0.293 e. The number of hydrogen-bond donors (Lipinski definition) is 0. The maximum atomic E-state index is 12.4. The lowest BCUT2D eigenvalue weighted by Gasteiger charge is -2.23. The minimum Gasteiger partial charge on any atom is -0.293 e. The van der Waals surface area contributed by atoms with E-state index in [2.05, 4.69) is 44.7 Å². The smallest absolute Gasteiger partial charge is 0.176 e. The number of hydrogen-bond acceptors (Lipinski definition) is 2. The van der Waals surface area contributed by atoms with E-state index in [4.69, 9.17) is 0 Å². The molecule has 0 spiro atoms. The fourth-order valence-corrected chi connectivity index (χ4v) is 2.58. The summed E-state index contributed by atoms with van der Waals surface area (Å²) in [4.78, 5) is 14.8. The van der Waals surface area contributed by atoms with Gasteiger partial charge in [0.05, 0.1) is 6.54 Å². The highest BCUT2D eigenvalue weighted by atomic mass is 16.1. The molecule has 2 heteroatoms. The zero-order chi connectivity index (χ0) is 14.7. The third-order valence-electron chi connectivity index (χ3n) is 3.91. The molecule has 0 bridgehead atoms. The molecule has 2 nitrogen and oxygen atoms in total. The second kappa shape index (κ2) is 6.53. The van der Waals surface area contributed by atoms with E-state index in [1.54, 1.807) is 0 Å². The molecular formula is C18H27NO. The summed E-state index contributed by atoms with van der Waals surface area (Å²) >= 11 is 0. The Morgan fingerprint density at radius 2 is 1.75 bits per heavy atom. The molecule has 0 unspecified atom stereocenters. The topological polar surface area (TPSA) is 20.3 Å². The van der Waals surface area contributed by atoms with Crippen molar-refractivity contribution < 1.29 is 4.79 Å². The summed E-state index contributed by atoms with van der Waals surface area (Å²) in [6.45, 7) is 10.4. The molecule has 1 aromatic rings. The third-order valence-corrected chi connectivity index (χ3v) is 3.91. The van der Waals surface area contributed by atoms with Crippen LogP contribution >= 0.6 is 0 Å². The SMILES string of the molecule is CC(C)CN(CC(=O)c1ccc(C(C)C)cc1)C1CC1. The van der Waals surface area contributed by atoms with Crippen molar-refractivity contribution in [1.29, 1.82) is 0 Å². The molecular weight excluding hydrogens is 246 g/mol. The van der Waals surface area contributed by atoms with Gasteiger partial charge in [0, 0.05) is 18.2 Å². The van der Waals surface area contributed by atoms with Crippen LogP contribution in [0.1, 0.15) is 62.4 Å². The Hall–Kier alpha value is -1.15. The lowest BCUT2D eigenvalue weighted by Crippen LogP contribution is -2.34. The first-order chi connectivity index (χ1) is 9.47. The highest BCUT2D eigenvalue weighted by molar-refractivity contribution is 5.97. The van der Waals surface area contributed by atoms with Gasteiger partial charge in [-0.25, -0.2) is 0 Å². The van der Waals surface area contributed by atoms with Crippen LogP contribution in [0.4, 0.5) is 0 Å². The van der Waals surface area contributed by atoms with Crippen LogP contribution in [0.25, 0.3) is 0 Å². The average molecular weight is 273 g/mol. The van der Waals surface area contributed by atoms with Gasteiger partial charge in [0.2, 0.25) is 0 Å². The van der Waals surface area contributed by atoms with Crippen molar-refractivity contribution in [2.45, 2.75) is 52.5 Å². The molecule has 2 rings (SSSR count). The second-order valence-electron chi connectivity index (χ2n) is 6.75. The molecule has 0 aromatic heterocycles. The Balaban J connectivity index is 1.99. The predicted molar refractivity (Wildman–Crippen MR) is 84.3 cm³/mol. The van der Waals surface area contributed by atoms with Crippen LogP contribution in [-0.4, -0.2) is 29.8 Å². The summed E-state index contributed by atoms with van der Waals surface area (Å²) < 4.78 is 0. The van der Waals surface area contributed by atoms with Gasteiger partial charge in [-0.05, 0) is 30.2 Å².